The molecule has 1 aromatic carbocycles. The molecule has 0 radical (unpaired) electrons. The zero-order chi connectivity index (χ0) is 11.5. The second-order valence-corrected chi connectivity index (χ2v) is 4.46. The Morgan fingerprint density at radius 2 is 2.12 bits per heavy atom. The first-order valence-electron chi connectivity index (χ1n) is 4.71. The zero-order valence-electron chi connectivity index (χ0n) is 8.65. The quantitative estimate of drug-likeness (QED) is 0.725. The summed E-state index contributed by atoms with van der Waals surface area (Å²) in [6.07, 6.45) is 0. The maximum atomic E-state index is 5.80. The molecule has 0 aromatic heterocycles. The normalized spacial score (nSPS) is 20.6. The predicted octanol–water partition coefficient (Wildman–Crippen LogP) is 3.57. The van der Waals surface area contributed by atoms with Gasteiger partial charge in [0, 0.05) is 16.2 Å². The first-order chi connectivity index (χ1) is 7.69. The summed E-state index contributed by atoms with van der Waals surface area (Å²) in [5, 5.41) is 0.706. The fraction of sp³-hybridized carbons (Fsp3) is 0.182. The summed E-state index contributed by atoms with van der Waals surface area (Å²) < 4.78 is 7.47. The number of amidine groups is 1. The van der Waals surface area contributed by atoms with Crippen molar-refractivity contribution in [3.05, 3.63) is 39.1 Å². The summed E-state index contributed by atoms with van der Waals surface area (Å²) in [6.45, 7) is 0.759. The van der Waals surface area contributed by atoms with Crippen LogP contribution in [-0.2, 0) is 4.74 Å². The molecular weight excluding hydrogens is 338 g/mol. The zero-order valence-corrected chi connectivity index (χ0v) is 11.6. The number of rotatable bonds is 1. The molecule has 1 heterocycles. The Balaban J connectivity index is 2.21. The summed E-state index contributed by atoms with van der Waals surface area (Å²) in [5.41, 5.74) is 0.834. The van der Waals surface area contributed by atoms with Crippen LogP contribution in [-0.4, -0.2) is 24.5 Å². The average Bonchev–Trinajstić information content (AvgIpc) is 2.63. The molecule has 0 atom stereocenters. The molecule has 0 bridgehead atoms. The topological polar surface area (TPSA) is 24.8 Å². The van der Waals surface area contributed by atoms with Gasteiger partial charge in [-0.1, -0.05) is 11.6 Å². The van der Waals surface area contributed by atoms with Gasteiger partial charge in [0.2, 0.25) is 0 Å². The molecule has 1 aliphatic heterocycles. The molecule has 0 saturated carbocycles. The van der Waals surface area contributed by atoms with E-state index in [-0.39, 0.29) is 0 Å². The van der Waals surface area contributed by atoms with Gasteiger partial charge >= 0.3 is 0 Å². The number of nitrogens with zero attached hydrogens (tertiary/aromatic N) is 2. The Hall–Kier alpha value is -0.750. The molecule has 1 aromatic rings. The third-order valence-electron chi connectivity index (χ3n) is 2.12. The second kappa shape index (κ2) is 5.05. The maximum absolute atomic E-state index is 5.80. The minimum Gasteiger partial charge on any atom is -0.428 e. The minimum atomic E-state index is 0.616. The lowest BCUT2D eigenvalue weighted by atomic mass is 10.3. The lowest BCUT2D eigenvalue weighted by molar-refractivity contribution is 0.434. The van der Waals surface area contributed by atoms with Gasteiger partial charge < -0.3 is 9.64 Å². The van der Waals surface area contributed by atoms with Gasteiger partial charge in [-0.25, -0.2) is 0 Å². The summed E-state index contributed by atoms with van der Waals surface area (Å²) in [5.74, 6) is 0.913. The molecule has 1 saturated heterocycles. The lowest BCUT2D eigenvalue weighted by Crippen LogP contribution is -2.19. The molecule has 0 unspecified atom stereocenters. The van der Waals surface area contributed by atoms with E-state index >= 15 is 0 Å². The van der Waals surface area contributed by atoms with Crippen LogP contribution < -0.4 is 0 Å². The van der Waals surface area contributed by atoms with Crippen molar-refractivity contribution >= 4 is 45.9 Å². The van der Waals surface area contributed by atoms with E-state index in [0.717, 1.165) is 18.0 Å². The van der Waals surface area contributed by atoms with Crippen LogP contribution in [0.25, 0.3) is 0 Å². The van der Waals surface area contributed by atoms with Gasteiger partial charge in [-0.3, -0.25) is 0 Å². The Labute approximate surface area is 113 Å². The van der Waals surface area contributed by atoms with Gasteiger partial charge in [0.15, 0.2) is 0 Å². The predicted molar refractivity (Wildman–Crippen MR) is 74.4 cm³/mol. The van der Waals surface area contributed by atoms with Crippen LogP contribution in [0, 0.1) is 0 Å². The van der Waals surface area contributed by atoms with Crippen molar-refractivity contribution in [1.29, 1.82) is 0 Å². The summed E-state index contributed by atoms with van der Waals surface area (Å²) in [6, 6.07) is 7.96. The van der Waals surface area contributed by atoms with Crippen LogP contribution in [0.15, 0.2) is 39.1 Å². The summed E-state index contributed by atoms with van der Waals surface area (Å²) in [7, 11) is 1.95. The van der Waals surface area contributed by atoms with Crippen molar-refractivity contribution in [3.63, 3.8) is 0 Å². The highest BCUT2D eigenvalue weighted by atomic mass is 127. The van der Waals surface area contributed by atoms with Gasteiger partial charge in [-0.15, -0.1) is 0 Å². The number of hydrogen-bond acceptors (Lipinski definition) is 2. The Kier molecular flexibility index (Phi) is 3.70. The van der Waals surface area contributed by atoms with Crippen LogP contribution in [0.2, 0.25) is 5.02 Å². The molecular formula is C11H10ClIN2O. The molecule has 3 nitrogen and oxygen atoms in total. The van der Waals surface area contributed by atoms with Gasteiger partial charge in [0.05, 0.1) is 12.2 Å². The van der Waals surface area contributed by atoms with Gasteiger partial charge in [-0.05, 0) is 46.9 Å². The van der Waals surface area contributed by atoms with E-state index in [4.69, 9.17) is 16.3 Å². The third kappa shape index (κ3) is 2.68. The fourth-order valence-electron chi connectivity index (χ4n) is 1.32. The van der Waals surface area contributed by atoms with Crippen molar-refractivity contribution < 1.29 is 4.74 Å². The van der Waals surface area contributed by atoms with E-state index in [1.807, 2.05) is 40.3 Å². The molecule has 1 aliphatic rings. The van der Waals surface area contributed by atoms with E-state index < -0.39 is 0 Å². The van der Waals surface area contributed by atoms with Crippen LogP contribution in [0.5, 0.6) is 0 Å². The number of ether oxygens (including phenoxy) is 1. The smallest absolute Gasteiger partial charge is 0.298 e. The van der Waals surface area contributed by atoms with E-state index in [1.54, 1.807) is 0 Å². The number of hydrogen-bond donors (Lipinski definition) is 0. The maximum Gasteiger partial charge on any atom is 0.298 e. The number of aliphatic imine (C=N–C) groups is 1. The van der Waals surface area contributed by atoms with Gasteiger partial charge in [-0.2, -0.15) is 4.99 Å². The van der Waals surface area contributed by atoms with E-state index in [2.05, 4.69) is 27.6 Å². The Morgan fingerprint density at radius 1 is 1.44 bits per heavy atom. The number of likely N-dealkylation sites (N-methyl/N-ethyl adjacent to an activating group) is 1. The number of benzene rings is 1. The Morgan fingerprint density at radius 3 is 2.69 bits per heavy atom. The summed E-state index contributed by atoms with van der Waals surface area (Å²) in [4.78, 5) is 6.35. The van der Waals surface area contributed by atoms with Crippen molar-refractivity contribution in [2.24, 2.45) is 4.99 Å². The van der Waals surface area contributed by atoms with Crippen molar-refractivity contribution in [2.75, 3.05) is 13.6 Å². The second-order valence-electron chi connectivity index (χ2n) is 3.40. The van der Waals surface area contributed by atoms with E-state index in [1.165, 1.54) is 0 Å². The van der Waals surface area contributed by atoms with Crippen LogP contribution in [0.1, 0.15) is 0 Å². The molecule has 16 heavy (non-hydrogen) atoms. The third-order valence-corrected chi connectivity index (χ3v) is 3.06. The monoisotopic (exact) mass is 348 g/mol. The fourth-order valence-corrected chi connectivity index (χ4v) is 1.77. The van der Waals surface area contributed by atoms with Crippen LogP contribution in [0.4, 0.5) is 5.69 Å². The molecule has 84 valence electrons. The van der Waals surface area contributed by atoms with Crippen LogP contribution >= 0.6 is 34.2 Å². The highest BCUT2D eigenvalue weighted by molar-refractivity contribution is 14.1. The minimum absolute atomic E-state index is 0.616. The standard InChI is InChI=1S/C11H10ClIN2O/c1-15-7-10(6-13)16-11(15)14-9-4-2-8(12)3-5-9/h2-6H,7H2,1H3/b10-6+,14-11?. The molecule has 0 amide bonds. The molecule has 0 N–H and O–H groups in total. The Bertz CT molecular complexity index is 442. The van der Waals surface area contributed by atoms with Crippen molar-refractivity contribution in [1.82, 2.24) is 4.90 Å². The highest BCUT2D eigenvalue weighted by Gasteiger charge is 2.20. The van der Waals surface area contributed by atoms with Gasteiger partial charge in [0.25, 0.3) is 6.02 Å². The molecule has 0 aliphatic carbocycles. The summed E-state index contributed by atoms with van der Waals surface area (Å²) >= 11 is 7.96. The molecule has 5 heteroatoms. The van der Waals surface area contributed by atoms with Crippen molar-refractivity contribution in [3.8, 4) is 0 Å². The highest BCUT2D eigenvalue weighted by Crippen LogP contribution is 2.20. The molecule has 2 rings (SSSR count). The van der Waals surface area contributed by atoms with Crippen LogP contribution in [0.3, 0.4) is 0 Å². The van der Waals surface area contributed by atoms with Crippen molar-refractivity contribution in [2.45, 2.75) is 0 Å². The average molecular weight is 349 g/mol. The first-order valence-corrected chi connectivity index (χ1v) is 6.34. The van der Waals surface area contributed by atoms with E-state index in [0.29, 0.717) is 11.0 Å². The molecule has 1 fully saturated rings. The SMILES string of the molecule is CN1C/C(=C\I)OC1=Nc1ccc(Cl)cc1. The lowest BCUT2D eigenvalue weighted by Gasteiger charge is -2.06. The van der Waals surface area contributed by atoms with Gasteiger partial charge in [0.1, 0.15) is 5.76 Å². The largest absolute Gasteiger partial charge is 0.428 e. The first kappa shape index (κ1) is 11.7. The van der Waals surface area contributed by atoms with E-state index in [9.17, 15) is 0 Å². The number of halogens is 2. The molecule has 0 spiro atoms.